The van der Waals surface area contributed by atoms with Crippen LogP contribution in [0, 0.1) is 0 Å². The Bertz CT molecular complexity index is 1530. The molecule has 37 heavy (non-hydrogen) atoms. The van der Waals surface area contributed by atoms with E-state index in [2.05, 4.69) is 20.5 Å². The molecule has 0 saturated heterocycles. The van der Waals surface area contributed by atoms with E-state index in [0.29, 0.717) is 22.7 Å². The molecule has 5 N–H and O–H groups in total. The summed E-state index contributed by atoms with van der Waals surface area (Å²) in [6.07, 6.45) is -0.707. The van der Waals surface area contributed by atoms with E-state index in [1.165, 1.54) is 36.4 Å². The molecule has 0 radical (unpaired) electrons. The highest BCUT2D eigenvalue weighted by Crippen LogP contribution is 2.38. The second kappa shape index (κ2) is 10.1. The number of hydrogen-bond acceptors (Lipinski definition) is 8. The van der Waals surface area contributed by atoms with Gasteiger partial charge in [0.05, 0.1) is 4.90 Å². The minimum atomic E-state index is -4.02. The number of sulfonamides is 1. The highest BCUT2D eigenvalue weighted by atomic mass is 32.2. The van der Waals surface area contributed by atoms with Crippen LogP contribution in [-0.2, 0) is 19.6 Å². The summed E-state index contributed by atoms with van der Waals surface area (Å²) in [4.78, 5) is 44.3. The van der Waals surface area contributed by atoms with Gasteiger partial charge in [-0.05, 0) is 61.2 Å². The third kappa shape index (κ3) is 5.78. The van der Waals surface area contributed by atoms with Crippen molar-refractivity contribution in [2.75, 3.05) is 4.72 Å². The number of aliphatic imine (C=N–C) groups is 1. The van der Waals surface area contributed by atoms with Gasteiger partial charge >= 0.3 is 11.9 Å². The van der Waals surface area contributed by atoms with Gasteiger partial charge in [-0.25, -0.2) is 23.7 Å². The van der Waals surface area contributed by atoms with E-state index >= 15 is 0 Å². The van der Waals surface area contributed by atoms with E-state index in [0.717, 1.165) is 5.39 Å². The Morgan fingerprint density at radius 3 is 2.43 bits per heavy atom. The Balaban J connectivity index is 1.51. The molecule has 3 aromatic rings. The van der Waals surface area contributed by atoms with E-state index in [-0.39, 0.29) is 22.6 Å². The van der Waals surface area contributed by atoms with Gasteiger partial charge in [-0.3, -0.25) is 14.3 Å². The summed E-state index contributed by atoms with van der Waals surface area (Å²) < 4.78 is 28.5. The molecule has 1 amide bonds. The van der Waals surface area contributed by atoms with E-state index in [1.54, 1.807) is 19.1 Å². The summed E-state index contributed by atoms with van der Waals surface area (Å²) in [6.45, 7) is 1.73. The van der Waals surface area contributed by atoms with E-state index in [9.17, 15) is 27.9 Å². The number of carbonyl (C=O) groups is 3. The van der Waals surface area contributed by atoms with Gasteiger partial charge in [-0.15, -0.1) is 0 Å². The number of hydroxylamine groups is 1. The lowest BCUT2D eigenvalue weighted by atomic mass is 10.1. The number of rotatable bonds is 9. The van der Waals surface area contributed by atoms with Crippen LogP contribution in [0.2, 0.25) is 0 Å². The molecule has 0 bridgehead atoms. The summed E-state index contributed by atoms with van der Waals surface area (Å²) in [5, 5.41) is 21.5. The molecule has 1 heterocycles. The van der Waals surface area contributed by atoms with Gasteiger partial charge in [-0.1, -0.05) is 12.1 Å². The van der Waals surface area contributed by atoms with Crippen LogP contribution >= 0.6 is 0 Å². The average molecular weight is 527 g/mol. The Morgan fingerprint density at radius 2 is 1.76 bits per heavy atom. The molecule has 1 aliphatic heterocycles. The molecule has 1 atom stereocenters. The quantitative estimate of drug-likeness (QED) is 0.280. The van der Waals surface area contributed by atoms with Crippen LogP contribution in [0.5, 0.6) is 5.75 Å². The predicted octanol–water partition coefficient (Wildman–Crippen LogP) is 2.64. The molecule has 4 rings (SSSR count). The summed E-state index contributed by atoms with van der Waals surface area (Å²) in [5.74, 6) is -2.32. The van der Waals surface area contributed by atoms with Crippen LogP contribution in [-0.4, -0.2) is 48.4 Å². The van der Waals surface area contributed by atoms with E-state index in [4.69, 9.17) is 9.94 Å². The molecule has 0 aromatic heterocycles. The molecule has 192 valence electrons. The third-order valence-corrected chi connectivity index (χ3v) is 6.85. The van der Waals surface area contributed by atoms with Crippen molar-refractivity contribution in [1.82, 2.24) is 10.8 Å². The lowest BCUT2D eigenvalue weighted by Gasteiger charge is -2.18. The van der Waals surface area contributed by atoms with Crippen molar-refractivity contribution in [2.45, 2.75) is 30.7 Å². The minimum Gasteiger partial charge on any atom is -0.481 e. The van der Waals surface area contributed by atoms with Crippen LogP contribution < -0.4 is 20.4 Å². The third-order valence-electron chi connectivity index (χ3n) is 5.47. The van der Waals surface area contributed by atoms with Crippen LogP contribution in [0.3, 0.4) is 0 Å². The van der Waals surface area contributed by atoms with E-state index < -0.39 is 40.3 Å². The van der Waals surface area contributed by atoms with Gasteiger partial charge in [0.2, 0.25) is 0 Å². The second-order valence-corrected chi connectivity index (χ2v) is 9.86. The molecule has 0 aliphatic carbocycles. The minimum absolute atomic E-state index is 0.0205. The first-order valence-electron chi connectivity index (χ1n) is 11.0. The molecule has 1 aliphatic rings. The number of carbonyl (C=O) groups excluding carboxylic acids is 1. The Labute approximate surface area is 211 Å². The summed E-state index contributed by atoms with van der Waals surface area (Å²) in [5.41, 5.74) is 3.47. The number of anilines is 1. The number of amides is 1. The fraction of sp³-hybridized carbons (Fsp3) is 0.167. The summed E-state index contributed by atoms with van der Waals surface area (Å²) >= 11 is 0. The van der Waals surface area contributed by atoms with E-state index in [1.807, 2.05) is 6.07 Å². The number of nitrogens with one attached hydrogen (secondary N) is 3. The maximum atomic E-state index is 13.0. The highest BCUT2D eigenvalue weighted by molar-refractivity contribution is 7.92. The SMILES string of the molecule is CC1=Nc2ccc3ccc(S(=O)(=O)Nc4ccc(C(=O)N[C@@H](CCC(=O)O)C(=O)O)cc4)cc3c2ON1. The Hall–Kier alpha value is -4.65. The van der Waals surface area contributed by atoms with Crippen molar-refractivity contribution in [3.8, 4) is 5.75 Å². The fourth-order valence-electron chi connectivity index (χ4n) is 3.62. The second-order valence-electron chi connectivity index (χ2n) is 8.18. The number of hydrogen-bond donors (Lipinski definition) is 5. The number of amidine groups is 1. The zero-order chi connectivity index (χ0) is 26.7. The smallest absolute Gasteiger partial charge is 0.326 e. The number of benzene rings is 3. The first-order valence-corrected chi connectivity index (χ1v) is 12.4. The molecule has 3 aromatic carbocycles. The number of aliphatic carboxylic acids is 2. The monoisotopic (exact) mass is 526 g/mol. The Kier molecular flexibility index (Phi) is 6.98. The standard InChI is InChI=1S/C24H22N4O8S/c1-13-25-19-9-5-14-4-8-17(12-18(14)22(19)36-27-13)37(34,35)28-16-6-2-15(3-7-16)23(31)26-20(24(32)33)10-11-21(29)30/h2-9,12,20,28H,10-11H2,1H3,(H,25,27)(H,26,31)(H,29,30)(H,32,33)/t20-/m0/s1. The maximum absolute atomic E-state index is 13.0. The lowest BCUT2D eigenvalue weighted by molar-refractivity contribution is -0.140. The van der Waals surface area contributed by atoms with Crippen molar-refractivity contribution in [3.05, 3.63) is 60.2 Å². The van der Waals surface area contributed by atoms with Gasteiger partial charge < -0.3 is 20.4 Å². The number of carboxylic acid groups (broad SMARTS) is 2. The largest absolute Gasteiger partial charge is 0.481 e. The molecular formula is C24H22N4O8S. The topological polar surface area (TPSA) is 183 Å². The molecular weight excluding hydrogens is 504 g/mol. The molecule has 13 heteroatoms. The van der Waals surface area contributed by atoms with Gasteiger partial charge in [0, 0.05) is 23.1 Å². The number of fused-ring (bicyclic) bond motifs is 3. The van der Waals surface area contributed by atoms with Crippen LogP contribution in [0.25, 0.3) is 10.8 Å². The zero-order valence-electron chi connectivity index (χ0n) is 19.4. The van der Waals surface area contributed by atoms with Crippen LogP contribution in [0.4, 0.5) is 11.4 Å². The summed E-state index contributed by atoms with van der Waals surface area (Å²) in [6, 6.07) is 12.1. The molecule has 0 spiro atoms. The fourth-order valence-corrected chi connectivity index (χ4v) is 4.71. The van der Waals surface area contributed by atoms with Crippen molar-refractivity contribution in [2.24, 2.45) is 4.99 Å². The normalized spacial score (nSPS) is 13.4. The van der Waals surface area contributed by atoms with Crippen molar-refractivity contribution < 1.29 is 37.9 Å². The molecule has 0 fully saturated rings. The van der Waals surface area contributed by atoms with Gasteiger partial charge in [0.15, 0.2) is 5.75 Å². The first kappa shape index (κ1) is 25.4. The maximum Gasteiger partial charge on any atom is 0.326 e. The van der Waals surface area contributed by atoms with Gasteiger partial charge in [0.25, 0.3) is 15.9 Å². The summed E-state index contributed by atoms with van der Waals surface area (Å²) in [7, 11) is -4.02. The van der Waals surface area contributed by atoms with Crippen LogP contribution in [0.1, 0.15) is 30.1 Å². The first-order chi connectivity index (χ1) is 17.5. The molecule has 0 unspecified atom stereocenters. The molecule has 12 nitrogen and oxygen atoms in total. The lowest BCUT2D eigenvalue weighted by Crippen LogP contribution is -2.41. The Morgan fingerprint density at radius 1 is 1.05 bits per heavy atom. The van der Waals surface area contributed by atoms with Gasteiger partial charge in [-0.2, -0.15) is 0 Å². The van der Waals surface area contributed by atoms with Crippen molar-refractivity contribution in [1.29, 1.82) is 0 Å². The number of nitrogens with zero attached hydrogens (tertiary/aromatic N) is 1. The van der Waals surface area contributed by atoms with Crippen LogP contribution in [0.15, 0.2) is 64.5 Å². The average Bonchev–Trinajstić information content (AvgIpc) is 2.85. The molecule has 0 saturated carbocycles. The van der Waals surface area contributed by atoms with Gasteiger partial charge in [0.1, 0.15) is 17.6 Å². The predicted molar refractivity (Wildman–Crippen MR) is 133 cm³/mol. The zero-order valence-corrected chi connectivity index (χ0v) is 20.2. The van der Waals surface area contributed by atoms with Crippen molar-refractivity contribution >= 4 is 55.9 Å². The highest BCUT2D eigenvalue weighted by Gasteiger charge is 2.22. The number of carboxylic acids is 2. The van der Waals surface area contributed by atoms with Crippen molar-refractivity contribution in [3.63, 3.8) is 0 Å².